The van der Waals surface area contributed by atoms with Crippen molar-refractivity contribution in [3.8, 4) is 0 Å². The van der Waals surface area contributed by atoms with Gasteiger partial charge in [-0.25, -0.2) is 0 Å². The molecule has 3 rings (SSSR count). The lowest BCUT2D eigenvalue weighted by atomic mass is 10.1. The van der Waals surface area contributed by atoms with Crippen molar-refractivity contribution >= 4 is 51.1 Å². The van der Waals surface area contributed by atoms with E-state index in [1.165, 1.54) is 11.8 Å². The first kappa shape index (κ1) is 19.6. The van der Waals surface area contributed by atoms with Gasteiger partial charge in [0.05, 0.1) is 5.25 Å². The number of hydrogen-bond donors (Lipinski definition) is 2. The molecular formula is C17H20BrN7OS. The van der Waals surface area contributed by atoms with Crippen molar-refractivity contribution in [1.82, 2.24) is 24.6 Å². The van der Waals surface area contributed by atoms with Crippen molar-refractivity contribution in [2.24, 2.45) is 0 Å². The molecule has 0 unspecified atom stereocenters. The van der Waals surface area contributed by atoms with Crippen LogP contribution in [0, 0.1) is 0 Å². The van der Waals surface area contributed by atoms with Gasteiger partial charge in [-0.1, -0.05) is 39.8 Å². The Hall–Kier alpha value is -2.20. The fourth-order valence-corrected chi connectivity index (χ4v) is 3.47. The standard InChI is InChI=1S/C17H20BrN7OS/c1-4-19-14-21-15(20-5-2)25-16(22-14)23-17(24-25)27-10(3)13(26)11-6-8-12(18)9-7-11/h6-10H,4-5H2,1-3H3,(H2,19,20,21,22,23,24)/t10-/m1/s1. The SMILES string of the molecule is CCNc1nc(NCC)n2nc(S[C@H](C)C(=O)c3ccc(Br)cc3)nc2n1. The zero-order chi connectivity index (χ0) is 19.4. The van der Waals surface area contributed by atoms with E-state index in [-0.39, 0.29) is 11.0 Å². The largest absolute Gasteiger partial charge is 0.354 e. The summed E-state index contributed by atoms with van der Waals surface area (Å²) in [4.78, 5) is 25.9. The minimum atomic E-state index is -0.327. The number of nitrogens with zero attached hydrogens (tertiary/aromatic N) is 5. The highest BCUT2D eigenvalue weighted by Crippen LogP contribution is 2.24. The minimum Gasteiger partial charge on any atom is -0.354 e. The summed E-state index contributed by atoms with van der Waals surface area (Å²) in [6.45, 7) is 7.20. The third kappa shape index (κ3) is 4.56. The van der Waals surface area contributed by atoms with Gasteiger partial charge < -0.3 is 10.6 Å². The van der Waals surface area contributed by atoms with Crippen LogP contribution in [0.25, 0.3) is 5.78 Å². The molecule has 0 aliphatic heterocycles. The summed E-state index contributed by atoms with van der Waals surface area (Å²) in [6.07, 6.45) is 0. The van der Waals surface area contributed by atoms with E-state index >= 15 is 0 Å². The number of carbonyl (C=O) groups excluding carboxylic acids is 1. The number of aromatic nitrogens is 5. The van der Waals surface area contributed by atoms with Crippen molar-refractivity contribution in [2.45, 2.75) is 31.2 Å². The van der Waals surface area contributed by atoms with Crippen molar-refractivity contribution in [2.75, 3.05) is 23.7 Å². The van der Waals surface area contributed by atoms with Gasteiger partial charge in [0.15, 0.2) is 5.78 Å². The summed E-state index contributed by atoms with van der Waals surface area (Å²) in [5.74, 6) is 1.51. The molecule has 2 N–H and O–H groups in total. The summed E-state index contributed by atoms with van der Waals surface area (Å²) in [6, 6.07) is 7.32. The summed E-state index contributed by atoms with van der Waals surface area (Å²) >= 11 is 4.68. The van der Waals surface area contributed by atoms with Crippen molar-refractivity contribution < 1.29 is 4.79 Å². The Morgan fingerprint density at radius 1 is 1.15 bits per heavy atom. The van der Waals surface area contributed by atoms with Crippen molar-refractivity contribution in [3.05, 3.63) is 34.3 Å². The van der Waals surface area contributed by atoms with E-state index in [1.54, 1.807) is 16.6 Å². The van der Waals surface area contributed by atoms with Gasteiger partial charge in [0.1, 0.15) is 0 Å². The van der Waals surface area contributed by atoms with Gasteiger partial charge >= 0.3 is 0 Å². The fraction of sp³-hybridized carbons (Fsp3) is 0.353. The van der Waals surface area contributed by atoms with Crippen LogP contribution in [-0.2, 0) is 0 Å². The molecule has 0 saturated carbocycles. The number of Topliss-reactive ketones (excluding diaryl/α,β-unsaturated/α-hetero) is 1. The van der Waals surface area contributed by atoms with Crippen LogP contribution in [0.3, 0.4) is 0 Å². The van der Waals surface area contributed by atoms with Gasteiger partial charge in [-0.15, -0.1) is 5.10 Å². The third-order valence-corrected chi connectivity index (χ3v) is 5.12. The van der Waals surface area contributed by atoms with Crippen LogP contribution in [0.4, 0.5) is 11.9 Å². The molecule has 8 nitrogen and oxygen atoms in total. The van der Waals surface area contributed by atoms with Crippen molar-refractivity contribution in [3.63, 3.8) is 0 Å². The van der Waals surface area contributed by atoms with E-state index in [0.29, 0.717) is 41.5 Å². The number of anilines is 2. The summed E-state index contributed by atoms with van der Waals surface area (Å²) < 4.78 is 2.50. The second-order valence-corrected chi connectivity index (χ2v) is 7.89. The van der Waals surface area contributed by atoms with E-state index in [2.05, 4.69) is 46.6 Å². The summed E-state index contributed by atoms with van der Waals surface area (Å²) in [7, 11) is 0. The molecule has 1 aromatic carbocycles. The topological polar surface area (TPSA) is 97.1 Å². The average Bonchev–Trinajstić information content (AvgIpc) is 3.05. The molecule has 2 aromatic heterocycles. The van der Waals surface area contributed by atoms with E-state index in [1.807, 2.05) is 32.9 Å². The van der Waals surface area contributed by atoms with Crippen molar-refractivity contribution in [1.29, 1.82) is 0 Å². The summed E-state index contributed by atoms with van der Waals surface area (Å²) in [5.41, 5.74) is 0.657. The number of fused-ring (bicyclic) bond motifs is 1. The summed E-state index contributed by atoms with van der Waals surface area (Å²) in [5, 5.41) is 10.9. The Morgan fingerprint density at radius 3 is 2.52 bits per heavy atom. The average molecular weight is 450 g/mol. The van der Waals surface area contributed by atoms with Crippen LogP contribution in [0.15, 0.2) is 33.9 Å². The Balaban J connectivity index is 1.84. The second kappa shape index (κ2) is 8.66. The lowest BCUT2D eigenvalue weighted by molar-refractivity contribution is 0.0994. The number of benzene rings is 1. The molecule has 0 aliphatic carbocycles. The number of halogens is 1. The third-order valence-electron chi connectivity index (χ3n) is 3.64. The Bertz CT molecular complexity index is 944. The van der Waals surface area contributed by atoms with Gasteiger partial charge in [-0.05, 0) is 32.9 Å². The van der Waals surface area contributed by atoms with Gasteiger partial charge in [0.25, 0.3) is 5.78 Å². The van der Waals surface area contributed by atoms with Crippen LogP contribution in [0.5, 0.6) is 0 Å². The maximum Gasteiger partial charge on any atom is 0.259 e. The first-order valence-electron chi connectivity index (χ1n) is 8.60. The first-order chi connectivity index (χ1) is 13.0. The molecule has 10 heteroatoms. The minimum absolute atomic E-state index is 0.0256. The van der Waals surface area contributed by atoms with Crippen LogP contribution in [0.1, 0.15) is 31.1 Å². The number of carbonyl (C=O) groups is 1. The second-order valence-electron chi connectivity index (χ2n) is 5.67. The lowest BCUT2D eigenvalue weighted by Crippen LogP contribution is -2.13. The van der Waals surface area contributed by atoms with Crippen LogP contribution >= 0.6 is 27.7 Å². The Labute approximate surface area is 169 Å². The zero-order valence-corrected chi connectivity index (χ0v) is 17.6. The molecule has 27 heavy (non-hydrogen) atoms. The molecule has 0 amide bonds. The van der Waals surface area contributed by atoms with E-state index in [4.69, 9.17) is 0 Å². The molecule has 3 aromatic rings. The lowest BCUT2D eigenvalue weighted by Gasteiger charge is -2.07. The molecule has 2 heterocycles. The predicted octanol–water partition coefficient (Wildman–Crippen LogP) is 3.51. The maximum absolute atomic E-state index is 12.6. The maximum atomic E-state index is 12.6. The number of hydrogen-bond acceptors (Lipinski definition) is 8. The quantitative estimate of drug-likeness (QED) is 0.398. The van der Waals surface area contributed by atoms with Crippen LogP contribution in [0.2, 0.25) is 0 Å². The molecule has 0 spiro atoms. The number of ketones is 1. The number of rotatable bonds is 8. The molecule has 142 valence electrons. The highest BCUT2D eigenvalue weighted by molar-refractivity contribution is 9.10. The van der Waals surface area contributed by atoms with Gasteiger partial charge in [0, 0.05) is 23.1 Å². The van der Waals surface area contributed by atoms with Gasteiger partial charge in [-0.3, -0.25) is 4.79 Å². The van der Waals surface area contributed by atoms with Crippen LogP contribution < -0.4 is 10.6 Å². The molecule has 0 bridgehead atoms. The zero-order valence-electron chi connectivity index (χ0n) is 15.2. The Morgan fingerprint density at radius 2 is 1.85 bits per heavy atom. The number of thioether (sulfide) groups is 1. The molecule has 1 atom stereocenters. The first-order valence-corrected chi connectivity index (χ1v) is 10.3. The van der Waals surface area contributed by atoms with E-state index in [0.717, 1.165) is 4.47 Å². The highest BCUT2D eigenvalue weighted by Gasteiger charge is 2.20. The fourth-order valence-electron chi connectivity index (χ4n) is 2.39. The van der Waals surface area contributed by atoms with E-state index in [9.17, 15) is 4.79 Å². The van der Waals surface area contributed by atoms with E-state index < -0.39 is 0 Å². The normalized spacial score (nSPS) is 12.1. The van der Waals surface area contributed by atoms with Gasteiger partial charge in [0.2, 0.25) is 17.1 Å². The molecule has 0 saturated heterocycles. The molecule has 0 radical (unpaired) electrons. The molecule has 0 aliphatic rings. The number of nitrogens with one attached hydrogen (secondary N) is 2. The highest BCUT2D eigenvalue weighted by atomic mass is 79.9. The predicted molar refractivity (Wildman–Crippen MR) is 111 cm³/mol. The van der Waals surface area contributed by atoms with Crippen LogP contribution in [-0.4, -0.2) is 48.7 Å². The monoisotopic (exact) mass is 449 g/mol. The van der Waals surface area contributed by atoms with Gasteiger partial charge in [-0.2, -0.15) is 19.5 Å². The molecule has 0 fully saturated rings. The molecular weight excluding hydrogens is 430 g/mol. The Kier molecular flexibility index (Phi) is 6.27. The smallest absolute Gasteiger partial charge is 0.259 e.